The van der Waals surface area contributed by atoms with Crippen LogP contribution in [-0.4, -0.2) is 37.5 Å². The number of aryl methyl sites for hydroxylation is 1. The van der Waals surface area contributed by atoms with Crippen LogP contribution in [0.3, 0.4) is 0 Å². The van der Waals surface area contributed by atoms with Gasteiger partial charge in [0.15, 0.2) is 0 Å². The fraction of sp³-hybridized carbons (Fsp3) is 0.700. The average Bonchev–Trinajstić information content (AvgIpc) is 2.97. The van der Waals surface area contributed by atoms with E-state index in [0.29, 0.717) is 19.6 Å². The Morgan fingerprint density at radius 2 is 2.18 bits per heavy atom. The number of hydrogen-bond acceptors (Lipinski definition) is 4. The predicted octanol–water partition coefficient (Wildman–Crippen LogP) is 0.537. The van der Waals surface area contributed by atoms with Gasteiger partial charge in [-0.25, -0.2) is 4.72 Å². The Morgan fingerprint density at radius 3 is 2.82 bits per heavy atom. The molecule has 96 valence electrons. The van der Waals surface area contributed by atoms with Crippen LogP contribution in [0.4, 0.5) is 0 Å². The van der Waals surface area contributed by atoms with Gasteiger partial charge in [0.25, 0.3) is 10.2 Å². The van der Waals surface area contributed by atoms with E-state index >= 15 is 0 Å². The topological polar surface area (TPSA) is 75.4 Å². The minimum atomic E-state index is -3.26. The van der Waals surface area contributed by atoms with E-state index in [1.54, 1.807) is 12.5 Å². The highest BCUT2D eigenvalue weighted by molar-refractivity contribution is 7.87. The quantitative estimate of drug-likeness (QED) is 0.756. The third kappa shape index (κ3) is 3.52. The zero-order chi connectivity index (χ0) is 12.1. The highest BCUT2D eigenvalue weighted by Crippen LogP contribution is 2.11. The van der Waals surface area contributed by atoms with Crippen LogP contribution in [0.5, 0.6) is 0 Å². The summed E-state index contributed by atoms with van der Waals surface area (Å²) in [5, 5.41) is 3.59. The summed E-state index contributed by atoms with van der Waals surface area (Å²) in [7, 11) is -3.26. The van der Waals surface area contributed by atoms with Crippen LogP contribution in [0.2, 0.25) is 0 Å². The van der Waals surface area contributed by atoms with Crippen molar-refractivity contribution >= 4 is 10.2 Å². The molecular weight excluding hydrogens is 242 g/mol. The van der Waals surface area contributed by atoms with Crippen LogP contribution in [0.25, 0.3) is 0 Å². The summed E-state index contributed by atoms with van der Waals surface area (Å²) in [6.07, 6.45) is 6.66. The molecule has 1 N–H and O–H groups in total. The van der Waals surface area contributed by atoms with Crippen LogP contribution in [0.15, 0.2) is 17.0 Å². The molecule has 7 heteroatoms. The van der Waals surface area contributed by atoms with Crippen molar-refractivity contribution in [1.29, 1.82) is 0 Å². The standard InChI is InChI=1S/C10H17N3O3S/c14-17(15,13-6-1-2-7-13)12-5-3-4-10-8-11-16-9-10/h8-9,12H,1-7H2. The smallest absolute Gasteiger partial charge is 0.279 e. The second-order valence-electron chi connectivity index (χ2n) is 4.14. The van der Waals surface area contributed by atoms with E-state index in [0.717, 1.165) is 31.2 Å². The fourth-order valence-electron chi connectivity index (χ4n) is 1.86. The number of rotatable bonds is 6. The molecule has 1 saturated heterocycles. The van der Waals surface area contributed by atoms with E-state index in [1.807, 2.05) is 0 Å². The number of nitrogens with zero attached hydrogens (tertiary/aromatic N) is 2. The Labute approximate surface area is 101 Å². The minimum absolute atomic E-state index is 0.448. The van der Waals surface area contributed by atoms with Crippen LogP contribution < -0.4 is 4.72 Å². The van der Waals surface area contributed by atoms with Crippen molar-refractivity contribution in [2.75, 3.05) is 19.6 Å². The van der Waals surface area contributed by atoms with E-state index in [1.165, 1.54) is 4.31 Å². The summed E-state index contributed by atoms with van der Waals surface area (Å²) < 4.78 is 32.4. The Hall–Kier alpha value is -0.920. The van der Waals surface area contributed by atoms with Gasteiger partial charge < -0.3 is 4.52 Å². The molecule has 1 aromatic rings. The largest absolute Gasteiger partial charge is 0.364 e. The van der Waals surface area contributed by atoms with Gasteiger partial charge in [0.05, 0.1) is 6.20 Å². The second-order valence-corrected chi connectivity index (χ2v) is 5.90. The second kappa shape index (κ2) is 5.61. The summed E-state index contributed by atoms with van der Waals surface area (Å²) in [5.74, 6) is 0. The van der Waals surface area contributed by atoms with Gasteiger partial charge in [0, 0.05) is 25.2 Å². The molecule has 1 aliphatic rings. The highest BCUT2D eigenvalue weighted by atomic mass is 32.2. The number of aromatic nitrogens is 1. The van der Waals surface area contributed by atoms with Gasteiger partial charge in [0.1, 0.15) is 6.26 Å². The molecule has 0 aliphatic carbocycles. The maximum atomic E-state index is 11.8. The van der Waals surface area contributed by atoms with Crippen molar-refractivity contribution in [3.63, 3.8) is 0 Å². The third-order valence-corrected chi connectivity index (χ3v) is 4.43. The zero-order valence-electron chi connectivity index (χ0n) is 9.63. The van der Waals surface area contributed by atoms with Crippen LogP contribution >= 0.6 is 0 Å². The summed E-state index contributed by atoms with van der Waals surface area (Å²) in [6, 6.07) is 0. The van der Waals surface area contributed by atoms with Crippen LogP contribution in [-0.2, 0) is 16.6 Å². The molecule has 17 heavy (non-hydrogen) atoms. The van der Waals surface area contributed by atoms with E-state index < -0.39 is 10.2 Å². The lowest BCUT2D eigenvalue weighted by Gasteiger charge is -2.15. The van der Waals surface area contributed by atoms with Gasteiger partial charge in [-0.2, -0.15) is 12.7 Å². The Balaban J connectivity index is 1.70. The summed E-state index contributed by atoms with van der Waals surface area (Å²) in [4.78, 5) is 0. The third-order valence-electron chi connectivity index (χ3n) is 2.82. The highest BCUT2D eigenvalue weighted by Gasteiger charge is 2.24. The molecule has 1 aliphatic heterocycles. The molecule has 6 nitrogen and oxygen atoms in total. The average molecular weight is 259 g/mol. The van der Waals surface area contributed by atoms with E-state index in [4.69, 9.17) is 4.52 Å². The lowest BCUT2D eigenvalue weighted by atomic mass is 10.2. The fourth-order valence-corrected chi connectivity index (χ4v) is 3.19. The maximum absolute atomic E-state index is 11.8. The summed E-state index contributed by atoms with van der Waals surface area (Å²) >= 11 is 0. The van der Waals surface area contributed by atoms with Crippen molar-refractivity contribution in [2.24, 2.45) is 0 Å². The molecule has 0 saturated carbocycles. The van der Waals surface area contributed by atoms with Crippen molar-refractivity contribution in [3.8, 4) is 0 Å². The monoisotopic (exact) mass is 259 g/mol. The first kappa shape index (κ1) is 12.5. The van der Waals surface area contributed by atoms with E-state index in [-0.39, 0.29) is 0 Å². The molecule has 0 unspecified atom stereocenters. The summed E-state index contributed by atoms with van der Waals surface area (Å²) in [5.41, 5.74) is 0.991. The molecule has 2 rings (SSSR count). The van der Waals surface area contributed by atoms with Gasteiger partial charge in [-0.15, -0.1) is 0 Å². The molecular formula is C10H17N3O3S. The van der Waals surface area contributed by atoms with Gasteiger partial charge in [-0.1, -0.05) is 5.16 Å². The molecule has 0 bridgehead atoms. The van der Waals surface area contributed by atoms with Gasteiger partial charge in [0.2, 0.25) is 0 Å². The first-order valence-electron chi connectivity index (χ1n) is 5.81. The SMILES string of the molecule is O=S(=O)(NCCCc1cnoc1)N1CCCC1. The Morgan fingerprint density at radius 1 is 1.41 bits per heavy atom. The van der Waals surface area contributed by atoms with Gasteiger partial charge in [-0.05, 0) is 25.7 Å². The van der Waals surface area contributed by atoms with Gasteiger partial charge in [-0.3, -0.25) is 0 Å². The molecule has 2 heterocycles. The van der Waals surface area contributed by atoms with Crippen LogP contribution in [0.1, 0.15) is 24.8 Å². The Bertz CT molecular complexity index is 424. The first-order valence-corrected chi connectivity index (χ1v) is 7.25. The van der Waals surface area contributed by atoms with Crippen molar-refractivity contribution in [3.05, 3.63) is 18.0 Å². The lowest BCUT2D eigenvalue weighted by Crippen LogP contribution is -2.39. The van der Waals surface area contributed by atoms with E-state index in [2.05, 4.69) is 9.88 Å². The molecule has 0 aromatic carbocycles. The van der Waals surface area contributed by atoms with E-state index in [9.17, 15) is 8.42 Å². The lowest BCUT2D eigenvalue weighted by molar-refractivity contribution is 0.418. The Kier molecular flexibility index (Phi) is 4.14. The molecule has 0 radical (unpaired) electrons. The molecule has 0 atom stereocenters. The summed E-state index contributed by atoms with van der Waals surface area (Å²) in [6.45, 7) is 1.73. The molecule has 1 fully saturated rings. The van der Waals surface area contributed by atoms with Crippen molar-refractivity contribution in [1.82, 2.24) is 14.2 Å². The van der Waals surface area contributed by atoms with Crippen molar-refractivity contribution in [2.45, 2.75) is 25.7 Å². The molecule has 1 aromatic heterocycles. The minimum Gasteiger partial charge on any atom is -0.364 e. The number of nitrogens with one attached hydrogen (secondary N) is 1. The van der Waals surface area contributed by atoms with Crippen LogP contribution in [0, 0.1) is 0 Å². The normalized spacial score (nSPS) is 17.6. The zero-order valence-corrected chi connectivity index (χ0v) is 10.4. The molecule has 0 spiro atoms. The maximum Gasteiger partial charge on any atom is 0.279 e. The number of hydrogen-bond donors (Lipinski definition) is 1. The predicted molar refractivity (Wildman–Crippen MR) is 62.6 cm³/mol. The van der Waals surface area contributed by atoms with Crippen molar-refractivity contribution < 1.29 is 12.9 Å². The first-order chi connectivity index (χ1) is 8.18. The van der Waals surface area contributed by atoms with Gasteiger partial charge >= 0.3 is 0 Å². The molecule has 0 amide bonds.